The van der Waals surface area contributed by atoms with E-state index in [2.05, 4.69) is 24.0 Å². The molecule has 29 heavy (non-hydrogen) atoms. The van der Waals surface area contributed by atoms with Crippen LogP contribution in [-0.2, 0) is 10.2 Å². The van der Waals surface area contributed by atoms with E-state index in [1.54, 1.807) is 6.08 Å². The maximum atomic E-state index is 12.6. The Hall–Kier alpha value is -3.15. The van der Waals surface area contributed by atoms with Gasteiger partial charge in [-0.2, -0.15) is 4.73 Å². The zero-order valence-corrected chi connectivity index (χ0v) is 16.5. The van der Waals surface area contributed by atoms with Crippen LogP contribution in [0.1, 0.15) is 41.6 Å². The van der Waals surface area contributed by atoms with Gasteiger partial charge in [-0.25, -0.2) is 0 Å². The fourth-order valence-corrected chi connectivity index (χ4v) is 3.84. The Morgan fingerprint density at radius 1 is 1.14 bits per heavy atom. The minimum absolute atomic E-state index is 0.158. The highest BCUT2D eigenvalue weighted by atomic mass is 16.5. The Balaban J connectivity index is 1.71. The molecule has 1 saturated heterocycles. The normalized spacial score (nSPS) is 15.5. The molecule has 1 aromatic carbocycles. The Bertz CT molecular complexity index is 841. The molecular formula is C23H27N3O3. The summed E-state index contributed by atoms with van der Waals surface area (Å²) >= 11 is 0. The van der Waals surface area contributed by atoms with Gasteiger partial charge in [0.25, 0.3) is 5.91 Å². The summed E-state index contributed by atoms with van der Waals surface area (Å²) in [7, 11) is 0. The number of allylic oxidation sites excluding steroid dienone is 1. The Kier molecular flexibility index (Phi) is 6.65. The Morgan fingerprint density at radius 3 is 2.41 bits per heavy atom. The van der Waals surface area contributed by atoms with Gasteiger partial charge >= 0.3 is 0 Å². The second-order valence-corrected chi connectivity index (χ2v) is 7.48. The van der Waals surface area contributed by atoms with Crippen LogP contribution >= 0.6 is 0 Å². The molecule has 0 radical (unpaired) electrons. The molecule has 1 N–H and O–H groups in total. The van der Waals surface area contributed by atoms with Gasteiger partial charge in [-0.05, 0) is 24.8 Å². The summed E-state index contributed by atoms with van der Waals surface area (Å²) < 4.78 is 0.654. The summed E-state index contributed by atoms with van der Waals surface area (Å²) in [6.07, 6.45) is 7.15. The summed E-state index contributed by atoms with van der Waals surface area (Å²) in [4.78, 5) is 26.8. The molecule has 2 amide bonds. The predicted octanol–water partition coefficient (Wildman–Crippen LogP) is 2.58. The van der Waals surface area contributed by atoms with Crippen molar-refractivity contribution in [2.45, 2.75) is 31.1 Å². The number of pyridine rings is 1. The highest BCUT2D eigenvalue weighted by molar-refractivity contribution is 5.93. The molecule has 1 aliphatic rings. The predicted molar refractivity (Wildman–Crippen MR) is 111 cm³/mol. The highest BCUT2D eigenvalue weighted by Crippen LogP contribution is 2.35. The number of hydrogen-bond donors (Lipinski definition) is 1. The molecule has 0 spiro atoms. The van der Waals surface area contributed by atoms with Crippen molar-refractivity contribution in [2.75, 3.05) is 19.6 Å². The summed E-state index contributed by atoms with van der Waals surface area (Å²) in [5.41, 5.74) is 1.40. The molecule has 0 aliphatic carbocycles. The van der Waals surface area contributed by atoms with Gasteiger partial charge < -0.3 is 15.4 Å². The van der Waals surface area contributed by atoms with Crippen molar-refractivity contribution in [3.05, 3.63) is 83.8 Å². The molecular weight excluding hydrogens is 366 g/mol. The Morgan fingerprint density at radius 2 is 1.79 bits per heavy atom. The number of rotatable bonds is 7. The molecule has 6 nitrogen and oxygen atoms in total. The van der Waals surface area contributed by atoms with E-state index < -0.39 is 0 Å². The van der Waals surface area contributed by atoms with Crippen molar-refractivity contribution >= 4 is 11.8 Å². The van der Waals surface area contributed by atoms with Crippen molar-refractivity contribution in [1.29, 1.82) is 0 Å². The van der Waals surface area contributed by atoms with Crippen molar-refractivity contribution in [3.8, 4) is 0 Å². The van der Waals surface area contributed by atoms with Gasteiger partial charge in [-0.1, -0.05) is 36.4 Å². The third-order valence-electron chi connectivity index (χ3n) is 5.67. The average molecular weight is 393 g/mol. The molecule has 3 rings (SSSR count). The van der Waals surface area contributed by atoms with Gasteiger partial charge in [0, 0.05) is 43.6 Å². The molecule has 6 heteroatoms. The van der Waals surface area contributed by atoms with Crippen molar-refractivity contribution in [2.24, 2.45) is 0 Å². The number of piperidine rings is 1. The molecule has 152 valence electrons. The number of benzene rings is 1. The van der Waals surface area contributed by atoms with Crippen LogP contribution in [0.4, 0.5) is 0 Å². The molecule has 2 heterocycles. The van der Waals surface area contributed by atoms with E-state index in [0.717, 1.165) is 12.8 Å². The molecule has 1 aromatic heterocycles. The van der Waals surface area contributed by atoms with E-state index in [-0.39, 0.29) is 17.2 Å². The maximum absolute atomic E-state index is 12.6. The van der Waals surface area contributed by atoms with E-state index in [0.29, 0.717) is 42.8 Å². The second kappa shape index (κ2) is 9.37. The molecule has 0 bridgehead atoms. The molecule has 0 saturated carbocycles. The van der Waals surface area contributed by atoms with Crippen LogP contribution in [0, 0.1) is 5.21 Å². The van der Waals surface area contributed by atoms with Gasteiger partial charge in [-0.15, -0.1) is 6.58 Å². The topological polar surface area (TPSA) is 76.4 Å². The average Bonchev–Trinajstić information content (AvgIpc) is 2.77. The fraction of sp³-hybridized carbons (Fsp3) is 0.348. The van der Waals surface area contributed by atoms with Gasteiger partial charge in [0.1, 0.15) is 0 Å². The number of nitrogens with one attached hydrogen (secondary N) is 1. The smallest absolute Gasteiger partial charge is 0.251 e. The minimum atomic E-state index is -0.223. The standard InChI is InChI=1S/C23H27N3O3/c1-2-3-9-21(27)25-16-12-23(13-17-25,20-7-5-4-6-8-20)18-24-22(28)19-10-14-26(29)15-11-19/h2,4-8,10-11,14-15H,1,3,9,12-13,16-18H2,(H,24,28). The van der Waals surface area contributed by atoms with Crippen LogP contribution in [0.25, 0.3) is 0 Å². The largest absolute Gasteiger partial charge is 0.619 e. The third-order valence-corrected chi connectivity index (χ3v) is 5.67. The fourth-order valence-electron chi connectivity index (χ4n) is 3.84. The first-order chi connectivity index (χ1) is 14.0. The van der Waals surface area contributed by atoms with Crippen LogP contribution in [0.5, 0.6) is 0 Å². The first-order valence-corrected chi connectivity index (χ1v) is 9.95. The van der Waals surface area contributed by atoms with Crippen LogP contribution in [0.3, 0.4) is 0 Å². The number of amides is 2. The third kappa shape index (κ3) is 5.02. The van der Waals surface area contributed by atoms with E-state index >= 15 is 0 Å². The van der Waals surface area contributed by atoms with Crippen molar-refractivity contribution in [1.82, 2.24) is 10.2 Å². The van der Waals surface area contributed by atoms with Crippen LogP contribution in [-0.4, -0.2) is 36.3 Å². The van der Waals surface area contributed by atoms with Gasteiger partial charge in [0.15, 0.2) is 12.4 Å². The van der Waals surface area contributed by atoms with E-state index in [4.69, 9.17) is 0 Å². The highest BCUT2D eigenvalue weighted by Gasteiger charge is 2.37. The quantitative estimate of drug-likeness (QED) is 0.446. The lowest BCUT2D eigenvalue weighted by Gasteiger charge is -2.42. The van der Waals surface area contributed by atoms with E-state index in [1.165, 1.54) is 30.1 Å². The van der Waals surface area contributed by atoms with Crippen LogP contribution in [0.2, 0.25) is 0 Å². The number of nitrogens with zero attached hydrogens (tertiary/aromatic N) is 2. The summed E-state index contributed by atoms with van der Waals surface area (Å²) in [5, 5.41) is 14.2. The van der Waals surface area contributed by atoms with Crippen molar-refractivity contribution < 1.29 is 14.3 Å². The second-order valence-electron chi connectivity index (χ2n) is 7.48. The zero-order valence-electron chi connectivity index (χ0n) is 16.5. The van der Waals surface area contributed by atoms with Crippen molar-refractivity contribution in [3.63, 3.8) is 0 Å². The number of carbonyl (C=O) groups excluding carboxylic acids is 2. The number of aromatic nitrogens is 1. The summed E-state index contributed by atoms with van der Waals surface area (Å²) in [6, 6.07) is 13.2. The molecule has 0 atom stereocenters. The first-order valence-electron chi connectivity index (χ1n) is 9.95. The summed E-state index contributed by atoms with van der Waals surface area (Å²) in [6.45, 7) is 5.50. The van der Waals surface area contributed by atoms with Gasteiger partial charge in [0.05, 0.1) is 5.56 Å². The number of likely N-dealkylation sites (tertiary alicyclic amines) is 1. The minimum Gasteiger partial charge on any atom is -0.619 e. The van der Waals surface area contributed by atoms with E-state index in [9.17, 15) is 14.8 Å². The first kappa shape index (κ1) is 20.6. The van der Waals surface area contributed by atoms with Gasteiger partial charge in [0.2, 0.25) is 5.91 Å². The zero-order chi connectivity index (χ0) is 20.7. The Labute approximate surface area is 171 Å². The lowest BCUT2D eigenvalue weighted by atomic mass is 9.72. The SMILES string of the molecule is C=CCCC(=O)N1CCC(CNC(=O)c2cc[n+]([O-])cc2)(c2ccccc2)CC1. The molecule has 0 unspecified atom stereocenters. The number of hydrogen-bond acceptors (Lipinski definition) is 3. The van der Waals surface area contributed by atoms with Crippen LogP contribution < -0.4 is 10.0 Å². The molecule has 1 aliphatic heterocycles. The monoisotopic (exact) mass is 393 g/mol. The molecule has 2 aromatic rings. The molecule has 1 fully saturated rings. The maximum Gasteiger partial charge on any atom is 0.251 e. The number of carbonyl (C=O) groups is 2. The van der Waals surface area contributed by atoms with Crippen LogP contribution in [0.15, 0.2) is 67.5 Å². The lowest BCUT2D eigenvalue weighted by Crippen LogP contribution is -2.50. The van der Waals surface area contributed by atoms with E-state index in [1.807, 2.05) is 23.1 Å². The van der Waals surface area contributed by atoms with Gasteiger partial charge in [-0.3, -0.25) is 9.59 Å². The lowest BCUT2D eigenvalue weighted by molar-refractivity contribution is -0.605. The summed E-state index contributed by atoms with van der Waals surface area (Å²) in [5.74, 6) is -0.0452.